The summed E-state index contributed by atoms with van der Waals surface area (Å²) in [5, 5.41) is 3.36. The average molecular weight is 324 g/mol. The summed E-state index contributed by atoms with van der Waals surface area (Å²) in [4.78, 5) is 23.5. The van der Waals surface area contributed by atoms with Crippen LogP contribution in [0.25, 0.3) is 10.2 Å². The van der Waals surface area contributed by atoms with Crippen LogP contribution in [-0.2, 0) is 9.53 Å². The van der Waals surface area contributed by atoms with Crippen LogP contribution in [0.4, 0.5) is 5.82 Å². The molecule has 6 nitrogen and oxygen atoms in total. The van der Waals surface area contributed by atoms with E-state index in [-0.39, 0.29) is 12.0 Å². The number of morpholine rings is 1. The molecule has 1 aliphatic heterocycles. The highest BCUT2D eigenvalue weighted by atomic mass is 32.2. The molecule has 0 radical (unpaired) electrons. The van der Waals surface area contributed by atoms with Crippen molar-refractivity contribution >= 4 is 45.0 Å². The lowest BCUT2D eigenvalue weighted by Gasteiger charge is -2.31. The Labute approximate surface area is 130 Å². The summed E-state index contributed by atoms with van der Waals surface area (Å²) in [6, 6.07) is 1.91. The number of thioether (sulfide) groups is 1. The molecular weight excluding hydrogens is 308 g/mol. The third kappa shape index (κ3) is 3.28. The van der Waals surface area contributed by atoms with Crippen molar-refractivity contribution in [3.05, 3.63) is 11.4 Å². The van der Waals surface area contributed by atoms with Crippen molar-refractivity contribution in [1.82, 2.24) is 14.9 Å². The predicted octanol–water partition coefficient (Wildman–Crippen LogP) is 1.61. The van der Waals surface area contributed by atoms with Gasteiger partial charge >= 0.3 is 0 Å². The van der Waals surface area contributed by atoms with Crippen molar-refractivity contribution in [2.75, 3.05) is 31.2 Å². The quantitative estimate of drug-likeness (QED) is 0.682. The molecule has 2 N–H and O–H groups in total. The number of fused-ring (bicyclic) bond motifs is 1. The number of thiophene rings is 1. The van der Waals surface area contributed by atoms with Gasteiger partial charge in [-0.1, -0.05) is 11.8 Å². The zero-order valence-electron chi connectivity index (χ0n) is 11.6. The molecule has 0 spiro atoms. The van der Waals surface area contributed by atoms with Crippen LogP contribution in [-0.4, -0.2) is 52.3 Å². The van der Waals surface area contributed by atoms with Crippen molar-refractivity contribution in [3.63, 3.8) is 0 Å². The Balaban J connectivity index is 1.64. The normalized spacial score (nSPS) is 19.1. The molecule has 0 aromatic carbocycles. The lowest BCUT2D eigenvalue weighted by Crippen LogP contribution is -2.45. The predicted molar refractivity (Wildman–Crippen MR) is 84.5 cm³/mol. The van der Waals surface area contributed by atoms with Gasteiger partial charge in [0.25, 0.3) is 0 Å². The molecule has 1 atom stereocenters. The van der Waals surface area contributed by atoms with E-state index in [1.54, 1.807) is 0 Å². The monoisotopic (exact) mass is 324 g/mol. The highest BCUT2D eigenvalue weighted by molar-refractivity contribution is 7.99. The van der Waals surface area contributed by atoms with Crippen LogP contribution in [0.15, 0.2) is 16.6 Å². The van der Waals surface area contributed by atoms with Gasteiger partial charge in [0.05, 0.1) is 23.8 Å². The van der Waals surface area contributed by atoms with Crippen LogP contribution in [0.5, 0.6) is 0 Å². The fraction of sp³-hybridized carbons (Fsp3) is 0.462. The Hall–Kier alpha value is -1.38. The summed E-state index contributed by atoms with van der Waals surface area (Å²) < 4.78 is 5.44. The Morgan fingerprint density at radius 3 is 3.29 bits per heavy atom. The first-order valence-electron chi connectivity index (χ1n) is 6.66. The van der Waals surface area contributed by atoms with Gasteiger partial charge in [0.1, 0.15) is 10.6 Å². The Morgan fingerprint density at radius 1 is 1.62 bits per heavy atom. The number of hydrogen-bond acceptors (Lipinski definition) is 7. The standard InChI is InChI=1S/C13H16N4O2S2/c1-8-6-17(3-4-19-8)10(18)7-21-13-15-11(14)9-2-5-20-12(9)16-13/h2,5,8H,3-4,6-7H2,1H3,(H2,14,15,16). The molecule has 1 amide bonds. The van der Waals surface area contributed by atoms with Gasteiger partial charge in [0.15, 0.2) is 5.16 Å². The zero-order valence-corrected chi connectivity index (χ0v) is 13.2. The van der Waals surface area contributed by atoms with Gasteiger partial charge in [-0.3, -0.25) is 4.79 Å². The molecule has 3 heterocycles. The van der Waals surface area contributed by atoms with E-state index in [1.165, 1.54) is 23.1 Å². The lowest BCUT2D eigenvalue weighted by molar-refractivity contribution is -0.135. The van der Waals surface area contributed by atoms with E-state index in [0.29, 0.717) is 36.4 Å². The summed E-state index contributed by atoms with van der Waals surface area (Å²) in [7, 11) is 0. The first kappa shape index (κ1) is 14.6. The fourth-order valence-electron chi connectivity index (χ4n) is 2.19. The SMILES string of the molecule is CC1CN(C(=O)CSc2nc(N)c3ccsc3n2)CCO1. The molecule has 2 aromatic rings. The number of carbonyl (C=O) groups is 1. The van der Waals surface area contributed by atoms with Gasteiger partial charge in [0, 0.05) is 13.1 Å². The Kier molecular flexibility index (Phi) is 4.27. The van der Waals surface area contributed by atoms with Gasteiger partial charge < -0.3 is 15.4 Å². The van der Waals surface area contributed by atoms with Crippen LogP contribution in [0.2, 0.25) is 0 Å². The minimum atomic E-state index is 0.0867. The number of nitrogen functional groups attached to an aromatic ring is 1. The maximum Gasteiger partial charge on any atom is 0.233 e. The number of nitrogens with zero attached hydrogens (tertiary/aromatic N) is 3. The van der Waals surface area contributed by atoms with Crippen LogP contribution in [0.3, 0.4) is 0 Å². The molecule has 1 saturated heterocycles. The number of carbonyl (C=O) groups excluding carboxylic acids is 1. The zero-order chi connectivity index (χ0) is 14.8. The molecule has 2 aromatic heterocycles. The number of aromatic nitrogens is 2. The third-order valence-electron chi connectivity index (χ3n) is 3.25. The highest BCUT2D eigenvalue weighted by Crippen LogP contribution is 2.26. The minimum Gasteiger partial charge on any atom is -0.383 e. The maximum atomic E-state index is 12.2. The highest BCUT2D eigenvalue weighted by Gasteiger charge is 2.21. The molecule has 21 heavy (non-hydrogen) atoms. The molecule has 8 heteroatoms. The Morgan fingerprint density at radius 2 is 2.48 bits per heavy atom. The van der Waals surface area contributed by atoms with Gasteiger partial charge in [-0.25, -0.2) is 9.97 Å². The molecule has 1 fully saturated rings. The number of hydrogen-bond donors (Lipinski definition) is 1. The number of rotatable bonds is 3. The van der Waals surface area contributed by atoms with Crippen LogP contribution < -0.4 is 5.73 Å². The summed E-state index contributed by atoms with van der Waals surface area (Å²) in [6.07, 6.45) is 0.0991. The van der Waals surface area contributed by atoms with Gasteiger partial charge in [-0.15, -0.1) is 11.3 Å². The van der Waals surface area contributed by atoms with Crippen molar-refractivity contribution in [3.8, 4) is 0 Å². The van der Waals surface area contributed by atoms with Gasteiger partial charge in [-0.2, -0.15) is 0 Å². The summed E-state index contributed by atoms with van der Waals surface area (Å²) >= 11 is 2.85. The van der Waals surface area contributed by atoms with E-state index in [0.717, 1.165) is 10.2 Å². The first-order valence-corrected chi connectivity index (χ1v) is 8.53. The number of ether oxygens (including phenoxy) is 1. The number of amides is 1. The molecule has 0 bridgehead atoms. The van der Waals surface area contributed by atoms with Crippen LogP contribution >= 0.6 is 23.1 Å². The average Bonchev–Trinajstić information content (AvgIpc) is 2.93. The van der Waals surface area contributed by atoms with Gasteiger partial charge in [0.2, 0.25) is 5.91 Å². The largest absolute Gasteiger partial charge is 0.383 e. The van der Waals surface area contributed by atoms with Crippen molar-refractivity contribution < 1.29 is 9.53 Å². The van der Waals surface area contributed by atoms with E-state index in [2.05, 4.69) is 9.97 Å². The van der Waals surface area contributed by atoms with Crippen molar-refractivity contribution in [1.29, 1.82) is 0 Å². The van der Waals surface area contributed by atoms with E-state index in [1.807, 2.05) is 23.3 Å². The molecule has 3 rings (SSSR count). The fourth-order valence-corrected chi connectivity index (χ4v) is 3.77. The van der Waals surface area contributed by atoms with E-state index in [4.69, 9.17) is 10.5 Å². The van der Waals surface area contributed by atoms with E-state index in [9.17, 15) is 4.79 Å². The maximum absolute atomic E-state index is 12.2. The molecule has 1 aliphatic rings. The third-order valence-corrected chi connectivity index (χ3v) is 4.89. The second-order valence-electron chi connectivity index (χ2n) is 4.84. The second-order valence-corrected chi connectivity index (χ2v) is 6.68. The lowest BCUT2D eigenvalue weighted by atomic mass is 10.3. The van der Waals surface area contributed by atoms with Crippen LogP contribution in [0.1, 0.15) is 6.92 Å². The second kappa shape index (κ2) is 6.17. The molecular formula is C13H16N4O2S2. The summed E-state index contributed by atoms with van der Waals surface area (Å²) in [6.45, 7) is 3.87. The summed E-state index contributed by atoms with van der Waals surface area (Å²) in [5.74, 6) is 0.878. The summed E-state index contributed by atoms with van der Waals surface area (Å²) in [5.41, 5.74) is 5.90. The molecule has 112 valence electrons. The number of nitrogens with two attached hydrogens (primary N) is 1. The van der Waals surface area contributed by atoms with Crippen LogP contribution in [0, 0.1) is 0 Å². The minimum absolute atomic E-state index is 0.0867. The Bertz CT molecular complexity index is 661. The van der Waals surface area contributed by atoms with Crippen molar-refractivity contribution in [2.24, 2.45) is 0 Å². The molecule has 1 unspecified atom stereocenters. The van der Waals surface area contributed by atoms with E-state index < -0.39 is 0 Å². The smallest absolute Gasteiger partial charge is 0.233 e. The molecule has 0 aliphatic carbocycles. The topological polar surface area (TPSA) is 81.3 Å². The van der Waals surface area contributed by atoms with Crippen molar-refractivity contribution in [2.45, 2.75) is 18.2 Å². The van der Waals surface area contributed by atoms with Gasteiger partial charge in [-0.05, 0) is 18.4 Å². The first-order chi connectivity index (χ1) is 10.1. The van der Waals surface area contributed by atoms with E-state index >= 15 is 0 Å². The molecule has 0 saturated carbocycles. The number of anilines is 1.